The van der Waals surface area contributed by atoms with Crippen LogP contribution in [0.3, 0.4) is 0 Å². The molecule has 0 unspecified atom stereocenters. The van der Waals surface area contributed by atoms with Gasteiger partial charge in [-0.3, -0.25) is 9.10 Å². The molecule has 8 heteroatoms. The molecule has 0 spiro atoms. The number of nitrogens with zero attached hydrogens (tertiary/aromatic N) is 1. The first-order valence-electron chi connectivity index (χ1n) is 10.1. The number of amides is 1. The molecule has 1 aliphatic rings. The zero-order chi connectivity index (χ0) is 22.9. The average Bonchev–Trinajstić information content (AvgIpc) is 2.81. The molecule has 32 heavy (non-hydrogen) atoms. The Labute approximate surface area is 187 Å². The fraction of sp³-hybridized carbons (Fsp3) is 0.208. The molecule has 0 radical (unpaired) electrons. The number of carbonyl (C=O) groups is 1. The van der Waals surface area contributed by atoms with Gasteiger partial charge in [-0.2, -0.15) is 0 Å². The van der Waals surface area contributed by atoms with E-state index in [1.165, 1.54) is 23.5 Å². The molecule has 0 saturated heterocycles. The zero-order valence-electron chi connectivity index (χ0n) is 18.0. The van der Waals surface area contributed by atoms with Gasteiger partial charge in [-0.25, -0.2) is 8.42 Å². The Morgan fingerprint density at radius 2 is 1.75 bits per heavy atom. The van der Waals surface area contributed by atoms with E-state index in [0.717, 1.165) is 11.1 Å². The number of methoxy groups -OCH3 is 1. The number of hydrogen-bond donors (Lipinski definition) is 1. The molecule has 1 aliphatic heterocycles. The Balaban J connectivity index is 1.67. The smallest absolute Gasteiger partial charge is 0.267 e. The van der Waals surface area contributed by atoms with Crippen LogP contribution in [0.2, 0.25) is 0 Å². The lowest BCUT2D eigenvalue weighted by Crippen LogP contribution is -2.48. The van der Waals surface area contributed by atoms with E-state index in [0.29, 0.717) is 22.9 Å². The first-order valence-corrected chi connectivity index (χ1v) is 11.5. The highest BCUT2D eigenvalue weighted by Crippen LogP contribution is 2.37. The van der Waals surface area contributed by atoms with Crippen molar-refractivity contribution in [3.8, 4) is 11.5 Å². The average molecular weight is 453 g/mol. The van der Waals surface area contributed by atoms with Gasteiger partial charge in [0.25, 0.3) is 15.9 Å². The van der Waals surface area contributed by atoms with E-state index >= 15 is 0 Å². The number of rotatable bonds is 5. The molecule has 7 nitrogen and oxygen atoms in total. The number of ether oxygens (including phenoxy) is 2. The standard InChI is InChI=1S/C24H24N2O5S/c1-16-7-6-8-20(17(16)2)25-24(27)23-15-26(21-9-4-5-10-22(21)31-23)32(28,29)19-13-11-18(30-3)12-14-19/h4-14,23H,15H2,1-3H3,(H,25,27)/t23-/m1/s1. The molecule has 1 N–H and O–H groups in total. The topological polar surface area (TPSA) is 84.9 Å². The largest absolute Gasteiger partial charge is 0.497 e. The predicted molar refractivity (Wildman–Crippen MR) is 123 cm³/mol. The third-order valence-electron chi connectivity index (χ3n) is 5.54. The number of nitrogens with one attached hydrogen (secondary N) is 1. The zero-order valence-corrected chi connectivity index (χ0v) is 18.8. The minimum absolute atomic E-state index is 0.101. The number of hydrogen-bond acceptors (Lipinski definition) is 5. The lowest BCUT2D eigenvalue weighted by Gasteiger charge is -2.34. The van der Waals surface area contributed by atoms with Gasteiger partial charge in [-0.1, -0.05) is 24.3 Å². The van der Waals surface area contributed by atoms with Gasteiger partial charge in [0.2, 0.25) is 0 Å². The van der Waals surface area contributed by atoms with Crippen molar-refractivity contribution >= 4 is 27.3 Å². The Hall–Kier alpha value is -3.52. The van der Waals surface area contributed by atoms with Crippen molar-refractivity contribution < 1.29 is 22.7 Å². The van der Waals surface area contributed by atoms with Gasteiger partial charge in [0, 0.05) is 5.69 Å². The van der Waals surface area contributed by atoms with Gasteiger partial charge in [-0.05, 0) is 67.4 Å². The van der Waals surface area contributed by atoms with Crippen molar-refractivity contribution in [1.29, 1.82) is 0 Å². The molecule has 0 bridgehead atoms. The molecule has 1 heterocycles. The predicted octanol–water partition coefficient (Wildman–Crippen LogP) is 3.91. The van der Waals surface area contributed by atoms with Crippen LogP contribution < -0.4 is 19.1 Å². The van der Waals surface area contributed by atoms with Crippen LogP contribution in [0.5, 0.6) is 11.5 Å². The lowest BCUT2D eigenvalue weighted by atomic mass is 10.1. The van der Waals surface area contributed by atoms with Crippen molar-refractivity contribution in [3.05, 3.63) is 77.9 Å². The fourth-order valence-electron chi connectivity index (χ4n) is 3.54. The summed E-state index contributed by atoms with van der Waals surface area (Å²) in [6, 6.07) is 18.6. The molecule has 3 aromatic carbocycles. The highest BCUT2D eigenvalue weighted by atomic mass is 32.2. The second-order valence-corrected chi connectivity index (χ2v) is 9.38. The maximum absolute atomic E-state index is 13.5. The minimum atomic E-state index is -3.94. The molecule has 1 atom stereocenters. The highest BCUT2D eigenvalue weighted by molar-refractivity contribution is 7.92. The number of aryl methyl sites for hydroxylation is 1. The maximum Gasteiger partial charge on any atom is 0.267 e. The summed E-state index contributed by atoms with van der Waals surface area (Å²) in [7, 11) is -2.42. The molecule has 0 aliphatic carbocycles. The number of carbonyl (C=O) groups excluding carboxylic acids is 1. The Kier molecular flexibility index (Phi) is 5.80. The second kappa shape index (κ2) is 8.55. The fourth-order valence-corrected chi connectivity index (χ4v) is 5.02. The van der Waals surface area contributed by atoms with Crippen LogP contribution in [0.4, 0.5) is 11.4 Å². The van der Waals surface area contributed by atoms with E-state index < -0.39 is 22.0 Å². The SMILES string of the molecule is COc1ccc(S(=O)(=O)N2C[C@H](C(=O)Nc3cccc(C)c3C)Oc3ccccc32)cc1. The van der Waals surface area contributed by atoms with E-state index in [2.05, 4.69) is 5.32 Å². The van der Waals surface area contributed by atoms with Crippen molar-refractivity contribution in [2.75, 3.05) is 23.3 Å². The van der Waals surface area contributed by atoms with Crippen LogP contribution in [-0.4, -0.2) is 34.1 Å². The van der Waals surface area contributed by atoms with Gasteiger partial charge in [-0.15, -0.1) is 0 Å². The number of anilines is 2. The van der Waals surface area contributed by atoms with Crippen molar-refractivity contribution in [2.24, 2.45) is 0 Å². The molecule has 0 fully saturated rings. The van der Waals surface area contributed by atoms with Crippen LogP contribution >= 0.6 is 0 Å². The van der Waals surface area contributed by atoms with E-state index in [1.54, 1.807) is 36.4 Å². The number of benzene rings is 3. The summed E-state index contributed by atoms with van der Waals surface area (Å²) in [5, 5.41) is 2.88. The lowest BCUT2D eigenvalue weighted by molar-refractivity contribution is -0.122. The Bertz CT molecular complexity index is 1260. The molecule has 166 valence electrons. The van der Waals surface area contributed by atoms with E-state index in [-0.39, 0.29) is 11.4 Å². The first kappa shape index (κ1) is 21.7. The van der Waals surface area contributed by atoms with Gasteiger partial charge in [0.05, 0.1) is 24.2 Å². The minimum Gasteiger partial charge on any atom is -0.497 e. The Morgan fingerprint density at radius 1 is 1.03 bits per heavy atom. The van der Waals surface area contributed by atoms with Crippen LogP contribution in [0, 0.1) is 13.8 Å². The summed E-state index contributed by atoms with van der Waals surface area (Å²) < 4.78 is 39.2. The molecular weight excluding hydrogens is 428 g/mol. The first-order chi connectivity index (χ1) is 15.3. The third-order valence-corrected chi connectivity index (χ3v) is 7.33. The summed E-state index contributed by atoms with van der Waals surface area (Å²) in [6.07, 6.45) is -1.02. The highest BCUT2D eigenvalue weighted by Gasteiger charge is 2.37. The van der Waals surface area contributed by atoms with Crippen LogP contribution in [0.25, 0.3) is 0 Å². The van der Waals surface area contributed by atoms with Crippen LogP contribution in [0.15, 0.2) is 71.6 Å². The van der Waals surface area contributed by atoms with Crippen LogP contribution in [0.1, 0.15) is 11.1 Å². The number of fused-ring (bicyclic) bond motifs is 1. The normalized spacial score (nSPS) is 15.5. The molecular formula is C24H24N2O5S. The second-order valence-electron chi connectivity index (χ2n) is 7.52. The van der Waals surface area contributed by atoms with Gasteiger partial charge in [0.1, 0.15) is 11.5 Å². The van der Waals surface area contributed by atoms with Gasteiger partial charge in [0.15, 0.2) is 6.10 Å². The van der Waals surface area contributed by atoms with Gasteiger partial charge >= 0.3 is 0 Å². The van der Waals surface area contributed by atoms with Crippen LogP contribution in [-0.2, 0) is 14.8 Å². The monoisotopic (exact) mass is 452 g/mol. The molecule has 3 aromatic rings. The van der Waals surface area contributed by atoms with Crippen molar-refractivity contribution in [1.82, 2.24) is 0 Å². The number of sulfonamides is 1. The van der Waals surface area contributed by atoms with Crippen molar-refractivity contribution in [2.45, 2.75) is 24.8 Å². The van der Waals surface area contributed by atoms with E-state index in [1.807, 2.05) is 32.0 Å². The molecule has 0 aromatic heterocycles. The summed E-state index contributed by atoms with van der Waals surface area (Å²) in [5.74, 6) is 0.470. The summed E-state index contributed by atoms with van der Waals surface area (Å²) in [6.45, 7) is 3.73. The quantitative estimate of drug-likeness (QED) is 0.635. The van der Waals surface area contributed by atoms with Gasteiger partial charge < -0.3 is 14.8 Å². The third kappa shape index (κ3) is 4.01. The molecule has 4 rings (SSSR count). The summed E-state index contributed by atoms with van der Waals surface area (Å²) in [5.41, 5.74) is 3.04. The van der Waals surface area contributed by atoms with Crippen molar-refractivity contribution in [3.63, 3.8) is 0 Å². The Morgan fingerprint density at radius 3 is 2.47 bits per heavy atom. The number of para-hydroxylation sites is 2. The maximum atomic E-state index is 13.5. The summed E-state index contributed by atoms with van der Waals surface area (Å²) in [4.78, 5) is 13.2. The molecule has 0 saturated carbocycles. The van der Waals surface area contributed by atoms with E-state index in [9.17, 15) is 13.2 Å². The summed E-state index contributed by atoms with van der Waals surface area (Å²) >= 11 is 0. The van der Waals surface area contributed by atoms with E-state index in [4.69, 9.17) is 9.47 Å². The molecule has 1 amide bonds.